The van der Waals surface area contributed by atoms with Crippen molar-refractivity contribution in [1.29, 1.82) is 0 Å². The molecule has 2 aliphatic rings. The molecular weight excluding hydrogens is 224 g/mol. The van der Waals surface area contributed by atoms with Gasteiger partial charge in [0.2, 0.25) is 0 Å². The second-order valence-corrected chi connectivity index (χ2v) is 4.99. The smallest absolute Gasteiger partial charge is 0.190 e. The highest BCUT2D eigenvalue weighted by Gasteiger charge is 2.36. The highest BCUT2D eigenvalue weighted by molar-refractivity contribution is 6.27. The van der Waals surface area contributed by atoms with Crippen LogP contribution in [-0.2, 0) is 0 Å². The minimum absolute atomic E-state index is 0.0175. The Morgan fingerprint density at radius 1 is 0.778 bits per heavy atom. The SMILES string of the molecule is C[C@H]1C=C[C@H](C)C2=C1C(=O)c1ccccc1C2=O. The molecule has 90 valence electrons. The molecule has 0 spiro atoms. The number of ketones is 2. The van der Waals surface area contributed by atoms with E-state index in [1.807, 2.05) is 38.1 Å². The van der Waals surface area contributed by atoms with Crippen LogP contribution in [0.5, 0.6) is 0 Å². The zero-order valence-corrected chi connectivity index (χ0v) is 10.4. The Hall–Kier alpha value is -1.96. The molecule has 2 aliphatic carbocycles. The highest BCUT2D eigenvalue weighted by Crippen LogP contribution is 2.37. The van der Waals surface area contributed by atoms with Crippen molar-refractivity contribution in [3.63, 3.8) is 0 Å². The summed E-state index contributed by atoms with van der Waals surface area (Å²) in [5.41, 5.74) is 2.48. The number of fused-ring (bicyclic) bond motifs is 1. The van der Waals surface area contributed by atoms with Gasteiger partial charge in [-0.3, -0.25) is 9.59 Å². The van der Waals surface area contributed by atoms with Crippen LogP contribution in [0.2, 0.25) is 0 Å². The van der Waals surface area contributed by atoms with E-state index in [1.165, 1.54) is 0 Å². The zero-order chi connectivity index (χ0) is 12.9. The largest absolute Gasteiger partial charge is 0.289 e. The first-order valence-electron chi connectivity index (χ1n) is 6.22. The van der Waals surface area contributed by atoms with E-state index in [4.69, 9.17) is 0 Å². The van der Waals surface area contributed by atoms with Crippen LogP contribution in [0.25, 0.3) is 0 Å². The molecular formula is C16H14O2. The molecule has 0 N–H and O–H groups in total. The molecule has 0 saturated carbocycles. The van der Waals surface area contributed by atoms with Gasteiger partial charge in [-0.2, -0.15) is 0 Å². The second-order valence-electron chi connectivity index (χ2n) is 4.99. The van der Waals surface area contributed by atoms with E-state index in [0.717, 1.165) is 0 Å². The quantitative estimate of drug-likeness (QED) is 0.650. The number of carbonyl (C=O) groups excluding carboxylic acids is 2. The van der Waals surface area contributed by atoms with Crippen molar-refractivity contribution in [1.82, 2.24) is 0 Å². The summed E-state index contributed by atoms with van der Waals surface area (Å²) in [4.78, 5) is 25.0. The molecule has 1 aromatic rings. The van der Waals surface area contributed by atoms with Gasteiger partial charge in [0.15, 0.2) is 11.6 Å². The molecule has 0 saturated heterocycles. The molecule has 18 heavy (non-hydrogen) atoms. The predicted molar refractivity (Wildman–Crippen MR) is 69.6 cm³/mol. The summed E-state index contributed by atoms with van der Waals surface area (Å²) in [6.07, 6.45) is 4.03. The molecule has 2 heteroatoms. The Morgan fingerprint density at radius 2 is 1.17 bits per heavy atom. The van der Waals surface area contributed by atoms with Gasteiger partial charge in [0.25, 0.3) is 0 Å². The molecule has 0 fully saturated rings. The fourth-order valence-electron chi connectivity index (χ4n) is 2.84. The van der Waals surface area contributed by atoms with Gasteiger partial charge < -0.3 is 0 Å². The molecule has 0 heterocycles. The Morgan fingerprint density at radius 3 is 1.56 bits per heavy atom. The van der Waals surface area contributed by atoms with E-state index in [9.17, 15) is 9.59 Å². The third-order valence-corrected chi connectivity index (χ3v) is 3.79. The van der Waals surface area contributed by atoms with E-state index >= 15 is 0 Å². The van der Waals surface area contributed by atoms with Gasteiger partial charge in [0.05, 0.1) is 0 Å². The number of Topliss-reactive ketones (excluding diaryl/α,β-unsaturated/α-hetero) is 2. The number of hydrogen-bond donors (Lipinski definition) is 0. The average molecular weight is 238 g/mol. The molecule has 0 radical (unpaired) electrons. The van der Waals surface area contributed by atoms with Gasteiger partial charge in [-0.15, -0.1) is 0 Å². The van der Waals surface area contributed by atoms with Crippen molar-refractivity contribution in [3.05, 3.63) is 58.7 Å². The highest BCUT2D eigenvalue weighted by atomic mass is 16.1. The monoisotopic (exact) mass is 238 g/mol. The maximum Gasteiger partial charge on any atom is 0.190 e. The van der Waals surface area contributed by atoms with Crippen molar-refractivity contribution in [2.45, 2.75) is 13.8 Å². The lowest BCUT2D eigenvalue weighted by molar-refractivity contribution is 0.0961. The fraction of sp³-hybridized carbons (Fsp3) is 0.250. The second kappa shape index (κ2) is 3.77. The lowest BCUT2D eigenvalue weighted by atomic mass is 9.72. The Balaban J connectivity index is 2.27. The number of rotatable bonds is 0. The summed E-state index contributed by atoms with van der Waals surface area (Å²) in [5.74, 6) is 0.0924. The van der Waals surface area contributed by atoms with Crippen molar-refractivity contribution in [2.75, 3.05) is 0 Å². The minimum atomic E-state index is 0.0175. The first-order valence-corrected chi connectivity index (χ1v) is 6.22. The number of carbonyl (C=O) groups is 2. The van der Waals surface area contributed by atoms with Crippen LogP contribution in [0.4, 0.5) is 0 Å². The van der Waals surface area contributed by atoms with Crippen molar-refractivity contribution < 1.29 is 9.59 Å². The molecule has 1 aromatic carbocycles. The normalized spacial score (nSPS) is 26.1. The van der Waals surface area contributed by atoms with Crippen LogP contribution < -0.4 is 0 Å². The van der Waals surface area contributed by atoms with Gasteiger partial charge in [0.1, 0.15) is 0 Å². The maximum absolute atomic E-state index is 12.5. The summed E-state index contributed by atoms with van der Waals surface area (Å²) in [6.45, 7) is 3.94. The van der Waals surface area contributed by atoms with Crippen molar-refractivity contribution in [3.8, 4) is 0 Å². The number of benzene rings is 1. The van der Waals surface area contributed by atoms with Gasteiger partial charge in [-0.1, -0.05) is 50.3 Å². The first-order chi connectivity index (χ1) is 8.61. The summed E-state index contributed by atoms with van der Waals surface area (Å²) < 4.78 is 0. The minimum Gasteiger partial charge on any atom is -0.289 e. The maximum atomic E-state index is 12.5. The van der Waals surface area contributed by atoms with Gasteiger partial charge in [-0.25, -0.2) is 0 Å². The molecule has 0 unspecified atom stereocenters. The molecule has 0 bridgehead atoms. The predicted octanol–water partition coefficient (Wildman–Crippen LogP) is 3.20. The van der Waals surface area contributed by atoms with Gasteiger partial charge in [0, 0.05) is 34.1 Å². The standard InChI is InChI=1S/C16H14O2/c1-9-7-8-10(2)14-13(9)15(17)11-5-3-4-6-12(11)16(14)18/h3-10H,1-2H3/t9-,10-/m0/s1. The Labute approximate surface area is 106 Å². The summed E-state index contributed by atoms with van der Waals surface area (Å²) >= 11 is 0. The summed E-state index contributed by atoms with van der Waals surface area (Å²) in [6, 6.07) is 7.11. The summed E-state index contributed by atoms with van der Waals surface area (Å²) in [5, 5.41) is 0. The number of allylic oxidation sites excluding steroid dienone is 4. The molecule has 2 atom stereocenters. The summed E-state index contributed by atoms with van der Waals surface area (Å²) in [7, 11) is 0. The Bertz CT molecular complexity index is 567. The molecule has 0 aromatic heterocycles. The van der Waals surface area contributed by atoms with Crippen molar-refractivity contribution in [2.24, 2.45) is 11.8 Å². The van der Waals surface area contributed by atoms with Crippen LogP contribution in [0, 0.1) is 11.8 Å². The topological polar surface area (TPSA) is 34.1 Å². The van der Waals surface area contributed by atoms with Crippen LogP contribution in [0.1, 0.15) is 34.6 Å². The zero-order valence-electron chi connectivity index (χ0n) is 10.4. The van der Waals surface area contributed by atoms with Crippen LogP contribution >= 0.6 is 0 Å². The molecule has 0 aliphatic heterocycles. The van der Waals surface area contributed by atoms with Gasteiger partial charge >= 0.3 is 0 Å². The lowest BCUT2D eigenvalue weighted by Gasteiger charge is -2.29. The third-order valence-electron chi connectivity index (χ3n) is 3.79. The van der Waals surface area contributed by atoms with Crippen molar-refractivity contribution >= 4 is 11.6 Å². The van der Waals surface area contributed by atoms with E-state index < -0.39 is 0 Å². The first kappa shape index (κ1) is 11.1. The van der Waals surface area contributed by atoms with Gasteiger partial charge in [-0.05, 0) is 0 Å². The average Bonchev–Trinajstić information content (AvgIpc) is 2.38. The van der Waals surface area contributed by atoms with Crippen LogP contribution in [0.15, 0.2) is 47.6 Å². The Kier molecular flexibility index (Phi) is 2.34. The molecule has 3 rings (SSSR count). The van der Waals surface area contributed by atoms with E-state index in [1.54, 1.807) is 12.1 Å². The fourth-order valence-corrected chi connectivity index (χ4v) is 2.84. The lowest BCUT2D eigenvalue weighted by Crippen LogP contribution is -2.29. The van der Waals surface area contributed by atoms with Crippen LogP contribution in [-0.4, -0.2) is 11.6 Å². The van der Waals surface area contributed by atoms with E-state index in [0.29, 0.717) is 22.3 Å². The number of hydrogen-bond acceptors (Lipinski definition) is 2. The molecule has 2 nitrogen and oxygen atoms in total. The van der Waals surface area contributed by atoms with E-state index in [2.05, 4.69) is 0 Å². The van der Waals surface area contributed by atoms with E-state index in [-0.39, 0.29) is 23.4 Å². The van der Waals surface area contributed by atoms with Crippen LogP contribution in [0.3, 0.4) is 0 Å². The molecule has 0 amide bonds. The third kappa shape index (κ3) is 1.35.